The smallest absolute Gasteiger partial charge is 0.236 e. The SMILES string of the molecule is NC(=O)CNC(=O)CSCc1ccccc1Cl. The number of benzene rings is 1. The summed E-state index contributed by atoms with van der Waals surface area (Å²) in [6.07, 6.45) is 0. The zero-order valence-electron chi connectivity index (χ0n) is 9.11. The van der Waals surface area contributed by atoms with Gasteiger partial charge in [0.05, 0.1) is 12.3 Å². The van der Waals surface area contributed by atoms with Crippen LogP contribution in [-0.4, -0.2) is 24.1 Å². The first-order valence-electron chi connectivity index (χ1n) is 4.95. The molecule has 0 fully saturated rings. The monoisotopic (exact) mass is 272 g/mol. The van der Waals surface area contributed by atoms with Gasteiger partial charge in [-0.1, -0.05) is 29.8 Å². The Labute approximate surface area is 109 Å². The predicted molar refractivity (Wildman–Crippen MR) is 69.8 cm³/mol. The van der Waals surface area contributed by atoms with Crippen LogP contribution in [0.3, 0.4) is 0 Å². The summed E-state index contributed by atoms with van der Waals surface area (Å²) in [5.41, 5.74) is 5.89. The van der Waals surface area contributed by atoms with Crippen LogP contribution >= 0.6 is 23.4 Å². The van der Waals surface area contributed by atoms with E-state index in [4.69, 9.17) is 17.3 Å². The van der Waals surface area contributed by atoms with Gasteiger partial charge in [-0.2, -0.15) is 0 Å². The zero-order chi connectivity index (χ0) is 12.7. The topological polar surface area (TPSA) is 72.2 Å². The number of nitrogens with two attached hydrogens (primary N) is 1. The summed E-state index contributed by atoms with van der Waals surface area (Å²) in [5.74, 6) is 0.178. The molecule has 6 heteroatoms. The van der Waals surface area contributed by atoms with Gasteiger partial charge in [0.1, 0.15) is 0 Å². The van der Waals surface area contributed by atoms with Crippen molar-refractivity contribution in [3.05, 3.63) is 34.9 Å². The van der Waals surface area contributed by atoms with Gasteiger partial charge < -0.3 is 11.1 Å². The number of rotatable bonds is 6. The lowest BCUT2D eigenvalue weighted by Gasteiger charge is -2.04. The van der Waals surface area contributed by atoms with Crippen LogP contribution in [0.4, 0.5) is 0 Å². The van der Waals surface area contributed by atoms with E-state index >= 15 is 0 Å². The van der Waals surface area contributed by atoms with E-state index < -0.39 is 5.91 Å². The Morgan fingerprint density at radius 1 is 1.35 bits per heavy atom. The van der Waals surface area contributed by atoms with E-state index in [0.29, 0.717) is 10.8 Å². The lowest BCUT2D eigenvalue weighted by atomic mass is 10.2. The second-order valence-electron chi connectivity index (χ2n) is 3.33. The highest BCUT2D eigenvalue weighted by Crippen LogP contribution is 2.20. The van der Waals surface area contributed by atoms with Gasteiger partial charge in [-0.05, 0) is 11.6 Å². The van der Waals surface area contributed by atoms with Crippen LogP contribution < -0.4 is 11.1 Å². The number of halogens is 1. The molecular formula is C11H13ClN2O2S. The molecule has 0 heterocycles. The van der Waals surface area contributed by atoms with Crippen molar-refractivity contribution in [2.45, 2.75) is 5.75 Å². The van der Waals surface area contributed by atoms with Gasteiger partial charge in [-0.25, -0.2) is 0 Å². The third kappa shape index (κ3) is 5.60. The van der Waals surface area contributed by atoms with E-state index in [2.05, 4.69) is 5.32 Å². The molecule has 0 bridgehead atoms. The molecule has 92 valence electrons. The number of nitrogens with one attached hydrogen (secondary N) is 1. The highest BCUT2D eigenvalue weighted by Gasteiger charge is 2.04. The minimum absolute atomic E-state index is 0.120. The van der Waals surface area contributed by atoms with Gasteiger partial charge in [0, 0.05) is 10.8 Å². The van der Waals surface area contributed by atoms with Gasteiger partial charge >= 0.3 is 0 Å². The normalized spacial score (nSPS) is 9.94. The van der Waals surface area contributed by atoms with Crippen LogP contribution in [0.5, 0.6) is 0 Å². The Kier molecular flexibility index (Phi) is 5.86. The lowest BCUT2D eigenvalue weighted by Crippen LogP contribution is -2.34. The molecule has 2 amide bonds. The van der Waals surface area contributed by atoms with Crippen LogP contribution in [0.25, 0.3) is 0 Å². The molecule has 0 aliphatic rings. The molecular weight excluding hydrogens is 260 g/mol. The number of primary amides is 1. The second kappa shape index (κ2) is 7.19. The minimum Gasteiger partial charge on any atom is -0.368 e. The third-order valence-electron chi connectivity index (χ3n) is 1.91. The molecule has 0 unspecified atom stereocenters. The minimum atomic E-state index is -0.547. The number of hydrogen-bond donors (Lipinski definition) is 2. The first-order chi connectivity index (χ1) is 8.09. The average Bonchev–Trinajstić information content (AvgIpc) is 2.29. The van der Waals surface area contributed by atoms with Crippen LogP contribution in [0.2, 0.25) is 5.02 Å². The van der Waals surface area contributed by atoms with E-state index in [1.165, 1.54) is 11.8 Å². The lowest BCUT2D eigenvalue weighted by molar-refractivity contribution is -0.123. The summed E-state index contributed by atoms with van der Waals surface area (Å²) >= 11 is 7.40. The predicted octanol–water partition coefficient (Wildman–Crippen LogP) is 1.17. The average molecular weight is 273 g/mol. The number of carbonyl (C=O) groups excluding carboxylic acids is 2. The fourth-order valence-electron chi connectivity index (χ4n) is 1.11. The number of carbonyl (C=O) groups is 2. The van der Waals surface area contributed by atoms with Gasteiger partial charge in [0.15, 0.2) is 0 Å². The second-order valence-corrected chi connectivity index (χ2v) is 4.72. The molecule has 0 aliphatic heterocycles. The maximum Gasteiger partial charge on any atom is 0.236 e. The molecule has 17 heavy (non-hydrogen) atoms. The van der Waals surface area contributed by atoms with E-state index in [-0.39, 0.29) is 18.2 Å². The van der Waals surface area contributed by atoms with Crippen LogP contribution in [-0.2, 0) is 15.3 Å². The third-order valence-corrected chi connectivity index (χ3v) is 3.26. The van der Waals surface area contributed by atoms with Crippen molar-refractivity contribution in [1.29, 1.82) is 0 Å². The molecule has 0 radical (unpaired) electrons. The standard InChI is InChI=1S/C11H13ClN2O2S/c12-9-4-2-1-3-8(9)6-17-7-11(16)14-5-10(13)15/h1-4H,5-7H2,(H2,13,15)(H,14,16). The molecule has 1 rings (SSSR count). The van der Waals surface area contributed by atoms with E-state index in [1.807, 2.05) is 24.3 Å². The number of hydrogen-bond acceptors (Lipinski definition) is 3. The summed E-state index contributed by atoms with van der Waals surface area (Å²) in [6.45, 7) is -0.120. The van der Waals surface area contributed by atoms with Crippen LogP contribution in [0, 0.1) is 0 Å². The van der Waals surface area contributed by atoms with Crippen molar-refractivity contribution in [2.75, 3.05) is 12.3 Å². The molecule has 0 aromatic heterocycles. The first kappa shape index (κ1) is 13.9. The Balaban J connectivity index is 2.26. The highest BCUT2D eigenvalue weighted by atomic mass is 35.5. The molecule has 0 atom stereocenters. The molecule has 1 aromatic rings. The van der Waals surface area contributed by atoms with Crippen LogP contribution in [0.1, 0.15) is 5.56 Å². The molecule has 1 aromatic carbocycles. The van der Waals surface area contributed by atoms with Crippen molar-refractivity contribution in [3.63, 3.8) is 0 Å². The Morgan fingerprint density at radius 3 is 2.71 bits per heavy atom. The van der Waals surface area contributed by atoms with Crippen molar-refractivity contribution < 1.29 is 9.59 Å². The van der Waals surface area contributed by atoms with Gasteiger partial charge in [-0.3, -0.25) is 9.59 Å². The summed E-state index contributed by atoms with van der Waals surface area (Å²) in [6, 6.07) is 7.48. The summed E-state index contributed by atoms with van der Waals surface area (Å²) in [5, 5.41) is 3.11. The van der Waals surface area contributed by atoms with Crippen molar-refractivity contribution in [3.8, 4) is 0 Å². The molecule has 3 N–H and O–H groups in total. The van der Waals surface area contributed by atoms with Crippen molar-refractivity contribution in [2.24, 2.45) is 5.73 Å². The summed E-state index contributed by atoms with van der Waals surface area (Å²) in [4.78, 5) is 21.7. The quantitative estimate of drug-likeness (QED) is 0.817. The van der Waals surface area contributed by atoms with E-state index in [0.717, 1.165) is 5.56 Å². The maximum absolute atomic E-state index is 11.2. The highest BCUT2D eigenvalue weighted by molar-refractivity contribution is 7.99. The van der Waals surface area contributed by atoms with Crippen LogP contribution in [0.15, 0.2) is 24.3 Å². The zero-order valence-corrected chi connectivity index (χ0v) is 10.7. The molecule has 4 nitrogen and oxygen atoms in total. The van der Waals surface area contributed by atoms with Crippen molar-refractivity contribution >= 4 is 35.2 Å². The fraction of sp³-hybridized carbons (Fsp3) is 0.273. The van der Waals surface area contributed by atoms with Gasteiger partial charge in [0.25, 0.3) is 0 Å². The largest absolute Gasteiger partial charge is 0.368 e. The van der Waals surface area contributed by atoms with Crippen molar-refractivity contribution in [1.82, 2.24) is 5.32 Å². The fourth-order valence-corrected chi connectivity index (χ4v) is 2.25. The molecule has 0 saturated carbocycles. The van der Waals surface area contributed by atoms with Gasteiger partial charge in [-0.15, -0.1) is 11.8 Å². The maximum atomic E-state index is 11.2. The Bertz CT molecular complexity index is 412. The van der Waals surface area contributed by atoms with E-state index in [9.17, 15) is 9.59 Å². The molecule has 0 saturated heterocycles. The summed E-state index contributed by atoms with van der Waals surface area (Å²) in [7, 11) is 0. The number of amides is 2. The number of thioether (sulfide) groups is 1. The summed E-state index contributed by atoms with van der Waals surface area (Å²) < 4.78 is 0. The Hall–Kier alpha value is -1.20. The molecule has 0 aliphatic carbocycles. The Morgan fingerprint density at radius 2 is 2.06 bits per heavy atom. The molecule has 0 spiro atoms. The van der Waals surface area contributed by atoms with Gasteiger partial charge in [0.2, 0.25) is 11.8 Å². The first-order valence-corrected chi connectivity index (χ1v) is 6.49. The van der Waals surface area contributed by atoms with E-state index in [1.54, 1.807) is 0 Å².